The zero-order valence-corrected chi connectivity index (χ0v) is 11.3. The first-order chi connectivity index (χ1) is 8.24. The van der Waals surface area contributed by atoms with Gasteiger partial charge >= 0.3 is 5.97 Å². The lowest BCUT2D eigenvalue weighted by molar-refractivity contribution is -0.144. The van der Waals surface area contributed by atoms with Crippen LogP contribution in [0, 0.1) is 17.8 Å². The van der Waals surface area contributed by atoms with Crippen LogP contribution in [-0.2, 0) is 4.79 Å². The Kier molecular flexibility index (Phi) is 4.74. The number of carboxylic acid groups (broad SMARTS) is 1. The first-order valence-electron chi connectivity index (χ1n) is 6.78. The number of aliphatic carboxylic acids is 1. The monoisotopic (exact) mass is 257 g/mol. The summed E-state index contributed by atoms with van der Waals surface area (Å²) in [6, 6.07) is 0.248. The Bertz CT molecular complexity index is 272. The number of carboxylic acids is 1. The Hall–Kier alpha value is -0.220. The fraction of sp³-hybridized carbons (Fsp3) is 0.923. The summed E-state index contributed by atoms with van der Waals surface area (Å²) in [7, 11) is 0. The quantitative estimate of drug-likeness (QED) is 0.687. The second kappa shape index (κ2) is 6.10. The average Bonchev–Trinajstić information content (AvgIpc) is 2.88. The van der Waals surface area contributed by atoms with Crippen LogP contribution in [0.25, 0.3) is 0 Å². The number of nitrogens with one attached hydrogen (secondary N) is 1. The molecule has 2 fully saturated rings. The smallest absolute Gasteiger partial charge is 0.308 e. The van der Waals surface area contributed by atoms with Gasteiger partial charge < -0.3 is 10.4 Å². The number of rotatable bonds is 7. The molecule has 0 aliphatic heterocycles. The topological polar surface area (TPSA) is 49.3 Å². The number of hydrogen-bond donors (Lipinski definition) is 2. The van der Waals surface area contributed by atoms with Gasteiger partial charge in [0.15, 0.2) is 0 Å². The molecule has 2 bridgehead atoms. The van der Waals surface area contributed by atoms with Gasteiger partial charge in [-0.15, -0.1) is 0 Å². The summed E-state index contributed by atoms with van der Waals surface area (Å²) >= 11 is 1.96. The molecule has 3 nitrogen and oxygen atoms in total. The number of hydrogen-bond acceptors (Lipinski definition) is 3. The predicted molar refractivity (Wildman–Crippen MR) is 71.4 cm³/mol. The van der Waals surface area contributed by atoms with Crippen LogP contribution in [0.15, 0.2) is 0 Å². The van der Waals surface area contributed by atoms with Crippen LogP contribution in [0.5, 0.6) is 0 Å². The maximum absolute atomic E-state index is 11.3. The van der Waals surface area contributed by atoms with E-state index in [2.05, 4.69) is 12.2 Å². The van der Waals surface area contributed by atoms with Crippen LogP contribution in [0.2, 0.25) is 0 Å². The van der Waals surface area contributed by atoms with Gasteiger partial charge in [-0.1, -0.05) is 6.92 Å². The highest BCUT2D eigenvalue weighted by Crippen LogP contribution is 2.48. The Morgan fingerprint density at radius 2 is 2.18 bits per heavy atom. The highest BCUT2D eigenvalue weighted by molar-refractivity contribution is 7.99. The van der Waals surface area contributed by atoms with Crippen molar-refractivity contribution in [1.82, 2.24) is 5.32 Å². The summed E-state index contributed by atoms with van der Waals surface area (Å²) in [6.07, 6.45) is 4.65. The molecule has 17 heavy (non-hydrogen) atoms. The van der Waals surface area contributed by atoms with E-state index in [9.17, 15) is 9.90 Å². The van der Waals surface area contributed by atoms with Crippen molar-refractivity contribution in [3.05, 3.63) is 0 Å². The molecule has 0 aromatic heterocycles. The first-order valence-corrected chi connectivity index (χ1v) is 7.93. The molecule has 2 rings (SSSR count). The number of thioether (sulfide) groups is 1. The van der Waals surface area contributed by atoms with Gasteiger partial charge in [0.25, 0.3) is 0 Å². The molecular weight excluding hydrogens is 234 g/mol. The molecule has 0 aromatic rings. The fourth-order valence-electron chi connectivity index (χ4n) is 3.53. The van der Waals surface area contributed by atoms with Crippen molar-refractivity contribution in [1.29, 1.82) is 0 Å². The molecule has 2 N–H and O–H groups in total. The zero-order valence-electron chi connectivity index (χ0n) is 10.5. The van der Waals surface area contributed by atoms with Gasteiger partial charge in [-0.25, -0.2) is 0 Å². The average molecular weight is 257 g/mol. The number of carbonyl (C=O) groups is 1. The molecule has 2 aliphatic carbocycles. The maximum atomic E-state index is 11.3. The normalized spacial score (nSPS) is 35.4. The van der Waals surface area contributed by atoms with Crippen LogP contribution < -0.4 is 5.32 Å². The Morgan fingerprint density at radius 3 is 2.88 bits per heavy atom. The predicted octanol–water partition coefficient (Wildman–Crippen LogP) is 2.22. The van der Waals surface area contributed by atoms with E-state index in [1.165, 1.54) is 17.9 Å². The molecule has 0 amide bonds. The molecule has 0 heterocycles. The molecule has 4 heteroatoms. The summed E-state index contributed by atoms with van der Waals surface area (Å²) in [6.45, 7) is 3.15. The minimum absolute atomic E-state index is 0.118. The van der Waals surface area contributed by atoms with E-state index in [-0.39, 0.29) is 12.0 Å². The highest BCUT2D eigenvalue weighted by Gasteiger charge is 2.50. The lowest BCUT2D eigenvalue weighted by Gasteiger charge is -2.29. The van der Waals surface area contributed by atoms with E-state index >= 15 is 0 Å². The molecule has 2 saturated carbocycles. The molecule has 0 saturated heterocycles. The van der Waals surface area contributed by atoms with Gasteiger partial charge in [0.2, 0.25) is 0 Å². The van der Waals surface area contributed by atoms with E-state index in [4.69, 9.17) is 0 Å². The van der Waals surface area contributed by atoms with Crippen molar-refractivity contribution in [3.63, 3.8) is 0 Å². The van der Waals surface area contributed by atoms with E-state index in [0.717, 1.165) is 25.8 Å². The summed E-state index contributed by atoms with van der Waals surface area (Å²) < 4.78 is 0. The summed E-state index contributed by atoms with van der Waals surface area (Å²) in [4.78, 5) is 11.3. The standard InChI is InChI=1S/C13H23NO2S/c1-2-17-7-3-6-14-12-10-5-4-9(8-10)11(12)13(15)16/h9-12,14H,2-8H2,1H3,(H,15,16). The van der Waals surface area contributed by atoms with Gasteiger partial charge in [-0.2, -0.15) is 11.8 Å². The minimum Gasteiger partial charge on any atom is -0.481 e. The largest absolute Gasteiger partial charge is 0.481 e. The zero-order chi connectivity index (χ0) is 12.3. The van der Waals surface area contributed by atoms with Crippen LogP contribution in [0.1, 0.15) is 32.6 Å². The van der Waals surface area contributed by atoms with Crippen LogP contribution in [0.4, 0.5) is 0 Å². The molecule has 4 unspecified atom stereocenters. The lowest BCUT2D eigenvalue weighted by atomic mass is 9.84. The van der Waals surface area contributed by atoms with Crippen molar-refractivity contribution in [2.45, 2.75) is 38.6 Å². The van der Waals surface area contributed by atoms with Gasteiger partial charge in [-0.05, 0) is 55.6 Å². The molecule has 4 atom stereocenters. The molecule has 2 aliphatic rings. The molecular formula is C13H23NO2S. The lowest BCUT2D eigenvalue weighted by Crippen LogP contribution is -2.44. The van der Waals surface area contributed by atoms with E-state index in [0.29, 0.717) is 11.8 Å². The maximum Gasteiger partial charge on any atom is 0.308 e. The van der Waals surface area contributed by atoms with Crippen molar-refractivity contribution in [2.24, 2.45) is 17.8 Å². The first kappa shape index (κ1) is 13.2. The Balaban J connectivity index is 1.77. The third-order valence-corrected chi connectivity index (χ3v) is 5.24. The van der Waals surface area contributed by atoms with Crippen molar-refractivity contribution in [2.75, 3.05) is 18.1 Å². The third-order valence-electron chi connectivity index (χ3n) is 4.25. The van der Waals surface area contributed by atoms with Gasteiger partial charge in [0.05, 0.1) is 5.92 Å². The third kappa shape index (κ3) is 2.97. The van der Waals surface area contributed by atoms with Crippen molar-refractivity contribution >= 4 is 17.7 Å². The molecule has 98 valence electrons. The van der Waals surface area contributed by atoms with E-state index in [1.54, 1.807) is 0 Å². The van der Waals surface area contributed by atoms with Crippen LogP contribution >= 0.6 is 11.8 Å². The van der Waals surface area contributed by atoms with Crippen molar-refractivity contribution in [3.8, 4) is 0 Å². The summed E-state index contributed by atoms with van der Waals surface area (Å²) in [5.74, 6) is 2.72. The molecule has 0 spiro atoms. The fourth-order valence-corrected chi connectivity index (χ4v) is 4.16. The van der Waals surface area contributed by atoms with Crippen LogP contribution in [0.3, 0.4) is 0 Å². The van der Waals surface area contributed by atoms with E-state index in [1.807, 2.05) is 11.8 Å². The SMILES string of the molecule is CCSCCCNC1C2CCC(C2)C1C(=O)O. The Labute approximate surface area is 108 Å². The van der Waals surface area contributed by atoms with Gasteiger partial charge in [0.1, 0.15) is 0 Å². The van der Waals surface area contributed by atoms with Crippen LogP contribution in [-0.4, -0.2) is 35.2 Å². The van der Waals surface area contributed by atoms with Crippen molar-refractivity contribution < 1.29 is 9.90 Å². The summed E-state index contributed by atoms with van der Waals surface area (Å²) in [5.41, 5.74) is 0. The highest BCUT2D eigenvalue weighted by atomic mass is 32.2. The minimum atomic E-state index is -0.586. The molecule has 0 aromatic carbocycles. The molecule has 0 radical (unpaired) electrons. The number of fused-ring (bicyclic) bond motifs is 2. The second-order valence-electron chi connectivity index (χ2n) is 5.23. The summed E-state index contributed by atoms with van der Waals surface area (Å²) in [5, 5.41) is 12.8. The van der Waals surface area contributed by atoms with E-state index < -0.39 is 5.97 Å². The van der Waals surface area contributed by atoms with Gasteiger partial charge in [0, 0.05) is 6.04 Å². The Morgan fingerprint density at radius 1 is 1.41 bits per heavy atom. The second-order valence-corrected chi connectivity index (χ2v) is 6.62. The van der Waals surface area contributed by atoms with Gasteiger partial charge in [-0.3, -0.25) is 4.79 Å².